The van der Waals surface area contributed by atoms with Crippen molar-refractivity contribution in [1.82, 2.24) is 20.5 Å². The highest BCUT2D eigenvalue weighted by atomic mass is 32.2. The van der Waals surface area contributed by atoms with Gasteiger partial charge in [0.25, 0.3) is 0 Å². The quantitative estimate of drug-likeness (QED) is 0.434. The SMILES string of the molecule is O=C(CSc1nnc(-c2ccccc2)c(-c2ccccc2)n1)NC(=O)Cc1ccccc1. The smallest absolute Gasteiger partial charge is 0.237 e. The first-order valence-electron chi connectivity index (χ1n) is 10.0. The van der Waals surface area contributed by atoms with E-state index in [0.29, 0.717) is 16.5 Å². The molecule has 3 aromatic carbocycles. The Hall–Kier alpha value is -3.84. The van der Waals surface area contributed by atoms with E-state index in [0.717, 1.165) is 28.5 Å². The maximum atomic E-state index is 12.2. The molecule has 0 saturated carbocycles. The summed E-state index contributed by atoms with van der Waals surface area (Å²) in [6.07, 6.45) is 0.152. The first kappa shape index (κ1) is 21.4. The van der Waals surface area contributed by atoms with Crippen LogP contribution in [0.5, 0.6) is 0 Å². The Bertz CT molecular complexity index is 1200. The van der Waals surface area contributed by atoms with E-state index in [1.54, 1.807) is 0 Å². The minimum absolute atomic E-state index is 0.0150. The van der Waals surface area contributed by atoms with E-state index in [1.807, 2.05) is 91.0 Å². The molecule has 6 nitrogen and oxygen atoms in total. The van der Waals surface area contributed by atoms with Gasteiger partial charge in [0.15, 0.2) is 0 Å². The zero-order valence-electron chi connectivity index (χ0n) is 17.1. The number of imide groups is 1. The Balaban J connectivity index is 1.46. The number of carbonyl (C=O) groups excluding carboxylic acids is 2. The van der Waals surface area contributed by atoms with Crippen molar-refractivity contribution < 1.29 is 9.59 Å². The molecule has 0 aliphatic carbocycles. The van der Waals surface area contributed by atoms with Gasteiger partial charge in [-0.15, -0.1) is 10.2 Å². The molecule has 7 heteroatoms. The maximum Gasteiger partial charge on any atom is 0.237 e. The summed E-state index contributed by atoms with van der Waals surface area (Å²) in [5.41, 5.74) is 4.03. The Labute approximate surface area is 190 Å². The number of aromatic nitrogens is 3. The van der Waals surface area contributed by atoms with Gasteiger partial charge in [0.1, 0.15) is 11.4 Å². The lowest BCUT2D eigenvalue weighted by atomic mass is 10.0. The van der Waals surface area contributed by atoms with Crippen LogP contribution in [0.1, 0.15) is 5.56 Å². The number of rotatable bonds is 7. The number of hydrogen-bond donors (Lipinski definition) is 1. The van der Waals surface area contributed by atoms with Crippen LogP contribution in [0.2, 0.25) is 0 Å². The second-order valence-corrected chi connectivity index (χ2v) is 7.89. The van der Waals surface area contributed by atoms with Gasteiger partial charge in [0.2, 0.25) is 17.0 Å². The minimum atomic E-state index is -0.395. The monoisotopic (exact) mass is 440 g/mol. The summed E-state index contributed by atoms with van der Waals surface area (Å²) in [7, 11) is 0. The minimum Gasteiger partial charge on any atom is -0.295 e. The largest absolute Gasteiger partial charge is 0.295 e. The molecule has 2 amide bonds. The van der Waals surface area contributed by atoms with Gasteiger partial charge in [-0.05, 0) is 5.56 Å². The van der Waals surface area contributed by atoms with E-state index < -0.39 is 5.91 Å². The predicted molar refractivity (Wildman–Crippen MR) is 125 cm³/mol. The molecule has 0 spiro atoms. The molecule has 1 aromatic heterocycles. The highest BCUT2D eigenvalue weighted by Gasteiger charge is 2.15. The van der Waals surface area contributed by atoms with Crippen LogP contribution in [0, 0.1) is 0 Å². The summed E-state index contributed by atoms with van der Waals surface area (Å²) in [6, 6.07) is 28.7. The fourth-order valence-electron chi connectivity index (χ4n) is 3.11. The van der Waals surface area contributed by atoms with Gasteiger partial charge in [0.05, 0.1) is 12.2 Å². The number of amides is 2. The average Bonchev–Trinajstić information content (AvgIpc) is 2.84. The summed E-state index contributed by atoms with van der Waals surface area (Å²) in [5.74, 6) is -0.723. The van der Waals surface area contributed by atoms with Crippen molar-refractivity contribution in [3.8, 4) is 22.5 Å². The van der Waals surface area contributed by atoms with Gasteiger partial charge in [-0.2, -0.15) is 0 Å². The molecular formula is C25H20N4O2S. The van der Waals surface area contributed by atoms with Crippen LogP contribution < -0.4 is 5.32 Å². The van der Waals surface area contributed by atoms with Crippen molar-refractivity contribution in [1.29, 1.82) is 0 Å². The van der Waals surface area contributed by atoms with Crippen molar-refractivity contribution in [2.24, 2.45) is 0 Å². The predicted octanol–water partition coefficient (Wildman–Crippen LogP) is 4.18. The normalized spacial score (nSPS) is 10.5. The molecule has 1 N–H and O–H groups in total. The first-order valence-corrected chi connectivity index (χ1v) is 11.0. The average molecular weight is 441 g/mol. The van der Waals surface area contributed by atoms with E-state index in [9.17, 15) is 9.59 Å². The maximum absolute atomic E-state index is 12.2. The molecule has 0 saturated heterocycles. The van der Waals surface area contributed by atoms with E-state index in [1.165, 1.54) is 0 Å². The van der Waals surface area contributed by atoms with Crippen LogP contribution >= 0.6 is 11.8 Å². The Kier molecular flexibility index (Phi) is 6.99. The van der Waals surface area contributed by atoms with Crippen LogP contribution in [-0.4, -0.2) is 32.7 Å². The molecule has 0 aliphatic heterocycles. The van der Waals surface area contributed by atoms with Crippen molar-refractivity contribution in [3.05, 3.63) is 96.6 Å². The first-order chi connectivity index (χ1) is 15.7. The number of thioether (sulfide) groups is 1. The molecule has 0 atom stereocenters. The van der Waals surface area contributed by atoms with E-state index >= 15 is 0 Å². The van der Waals surface area contributed by atoms with E-state index in [2.05, 4.69) is 20.5 Å². The molecule has 4 rings (SSSR count). The number of nitrogens with zero attached hydrogens (tertiary/aromatic N) is 3. The summed E-state index contributed by atoms with van der Waals surface area (Å²) >= 11 is 1.14. The third kappa shape index (κ3) is 5.65. The molecule has 0 bridgehead atoms. The van der Waals surface area contributed by atoms with Crippen molar-refractivity contribution >= 4 is 23.6 Å². The lowest BCUT2D eigenvalue weighted by Crippen LogP contribution is -2.33. The molecular weight excluding hydrogens is 420 g/mol. The van der Waals surface area contributed by atoms with Crippen LogP contribution in [0.3, 0.4) is 0 Å². The van der Waals surface area contributed by atoms with Crippen LogP contribution in [0.15, 0.2) is 96.2 Å². The van der Waals surface area contributed by atoms with Gasteiger partial charge in [0, 0.05) is 11.1 Å². The molecule has 1 heterocycles. The van der Waals surface area contributed by atoms with Crippen LogP contribution in [0.25, 0.3) is 22.5 Å². The Morgan fingerprint density at radius 2 is 1.25 bits per heavy atom. The molecule has 0 radical (unpaired) electrons. The summed E-state index contributed by atoms with van der Waals surface area (Å²) < 4.78 is 0. The van der Waals surface area contributed by atoms with Gasteiger partial charge >= 0.3 is 0 Å². The zero-order chi connectivity index (χ0) is 22.2. The Morgan fingerprint density at radius 3 is 1.88 bits per heavy atom. The molecule has 32 heavy (non-hydrogen) atoms. The summed E-state index contributed by atoms with van der Waals surface area (Å²) in [4.78, 5) is 29.0. The number of nitrogens with one attached hydrogen (secondary N) is 1. The highest BCUT2D eigenvalue weighted by molar-refractivity contribution is 7.99. The van der Waals surface area contributed by atoms with Crippen molar-refractivity contribution in [2.45, 2.75) is 11.6 Å². The standard InChI is InChI=1S/C25H20N4O2S/c30-21(16-18-10-4-1-5-11-18)26-22(31)17-32-25-27-23(19-12-6-2-7-13-19)24(28-29-25)20-14-8-3-9-15-20/h1-15H,16-17H2,(H,26,30,31). The van der Waals surface area contributed by atoms with Crippen LogP contribution in [-0.2, 0) is 16.0 Å². The molecule has 0 aliphatic rings. The fourth-order valence-corrected chi connectivity index (χ4v) is 3.69. The van der Waals surface area contributed by atoms with Gasteiger partial charge in [-0.25, -0.2) is 4.98 Å². The third-order valence-corrected chi connectivity index (χ3v) is 5.42. The molecule has 0 fully saturated rings. The van der Waals surface area contributed by atoms with E-state index in [4.69, 9.17) is 0 Å². The van der Waals surface area contributed by atoms with E-state index in [-0.39, 0.29) is 18.1 Å². The number of carbonyl (C=O) groups is 2. The molecule has 0 unspecified atom stereocenters. The van der Waals surface area contributed by atoms with Gasteiger partial charge < -0.3 is 0 Å². The van der Waals surface area contributed by atoms with Gasteiger partial charge in [-0.1, -0.05) is 103 Å². The summed E-state index contributed by atoms with van der Waals surface area (Å²) in [5, 5.41) is 11.4. The highest BCUT2D eigenvalue weighted by Crippen LogP contribution is 2.29. The third-order valence-electron chi connectivity index (χ3n) is 4.58. The second kappa shape index (κ2) is 10.5. The van der Waals surface area contributed by atoms with Crippen LogP contribution in [0.4, 0.5) is 0 Å². The Morgan fingerprint density at radius 1 is 0.688 bits per heavy atom. The number of hydrogen-bond acceptors (Lipinski definition) is 6. The second-order valence-electron chi connectivity index (χ2n) is 6.95. The van der Waals surface area contributed by atoms with Crippen molar-refractivity contribution in [2.75, 3.05) is 5.75 Å². The lowest BCUT2D eigenvalue weighted by molar-refractivity contribution is -0.128. The molecule has 4 aromatic rings. The summed E-state index contributed by atoms with van der Waals surface area (Å²) in [6.45, 7) is 0. The topological polar surface area (TPSA) is 84.8 Å². The van der Waals surface area contributed by atoms with Gasteiger partial charge in [-0.3, -0.25) is 14.9 Å². The molecule has 158 valence electrons. The zero-order valence-corrected chi connectivity index (χ0v) is 18.0. The number of benzene rings is 3. The fraction of sp³-hybridized carbons (Fsp3) is 0.0800. The van der Waals surface area contributed by atoms with Crippen molar-refractivity contribution in [3.63, 3.8) is 0 Å². The lowest BCUT2D eigenvalue weighted by Gasteiger charge is -2.09.